The Balaban J connectivity index is 1.50. The maximum absolute atomic E-state index is 12.9. The van der Waals surface area contributed by atoms with Crippen molar-refractivity contribution in [1.29, 1.82) is 0 Å². The van der Waals surface area contributed by atoms with E-state index in [1.807, 2.05) is 13.0 Å². The van der Waals surface area contributed by atoms with Crippen LogP contribution in [-0.2, 0) is 6.42 Å². The van der Waals surface area contributed by atoms with Crippen LogP contribution in [0.3, 0.4) is 0 Å². The number of rotatable bonds is 8. The number of Topliss-reactive ketones (excluding diaryl/α,β-unsaturated/α-hetero) is 1. The first-order chi connectivity index (χ1) is 13.5. The predicted molar refractivity (Wildman–Crippen MR) is 115 cm³/mol. The minimum Gasteiger partial charge on any atom is -0.346 e. The minimum atomic E-state index is 0.162. The molecule has 0 unspecified atom stereocenters. The van der Waals surface area contributed by atoms with Crippen LogP contribution in [0.5, 0.6) is 0 Å². The number of hydrogen-bond acceptors (Lipinski definition) is 5. The topological polar surface area (TPSA) is 52.7 Å². The fourth-order valence-electron chi connectivity index (χ4n) is 3.86. The molecular weight excluding hydrogens is 388 g/mol. The molecule has 4 rings (SSSR count). The van der Waals surface area contributed by atoms with E-state index in [2.05, 4.69) is 57.6 Å². The molecule has 1 fully saturated rings. The minimum absolute atomic E-state index is 0.162. The van der Waals surface area contributed by atoms with Crippen LogP contribution in [0.15, 0.2) is 28.7 Å². The molecule has 1 saturated carbocycles. The smallest absolute Gasteiger partial charge is 0.191 e. The summed E-state index contributed by atoms with van der Waals surface area (Å²) < 4.78 is 4.48. The molecule has 0 atom stereocenters. The molecule has 0 aliphatic heterocycles. The van der Waals surface area contributed by atoms with Gasteiger partial charge in [-0.3, -0.25) is 4.79 Å². The summed E-state index contributed by atoms with van der Waals surface area (Å²) in [6.45, 7) is 8.40. The molecule has 3 heterocycles. The van der Waals surface area contributed by atoms with Crippen molar-refractivity contribution < 1.29 is 4.79 Å². The van der Waals surface area contributed by atoms with Gasteiger partial charge in [-0.05, 0) is 58.0 Å². The second-order valence-electron chi connectivity index (χ2n) is 7.72. The highest BCUT2D eigenvalue weighted by Crippen LogP contribution is 2.39. The standard InChI is InChI=1S/C21H26N4OS2/c1-13(2)24-14(3)10-18(15(24)4)19(26)12-28-21-23-22-20(25(21)16-7-8-16)11-17-6-5-9-27-17/h5-6,9-10,13,16H,7-8,11-12H2,1-4H3. The van der Waals surface area contributed by atoms with E-state index in [0.29, 0.717) is 17.8 Å². The average molecular weight is 415 g/mol. The summed E-state index contributed by atoms with van der Waals surface area (Å²) >= 11 is 3.26. The van der Waals surface area contributed by atoms with E-state index >= 15 is 0 Å². The molecule has 0 spiro atoms. The number of ketones is 1. The summed E-state index contributed by atoms with van der Waals surface area (Å²) in [6.07, 6.45) is 3.16. The molecule has 148 valence electrons. The lowest BCUT2D eigenvalue weighted by Crippen LogP contribution is -2.09. The van der Waals surface area contributed by atoms with E-state index in [4.69, 9.17) is 0 Å². The van der Waals surface area contributed by atoms with Gasteiger partial charge in [-0.1, -0.05) is 17.8 Å². The second kappa shape index (κ2) is 7.87. The van der Waals surface area contributed by atoms with Crippen molar-refractivity contribution in [3.8, 4) is 0 Å². The van der Waals surface area contributed by atoms with Gasteiger partial charge in [0.1, 0.15) is 5.82 Å². The third-order valence-corrected chi connectivity index (χ3v) is 7.01. The molecule has 3 aromatic heterocycles. The van der Waals surface area contributed by atoms with Gasteiger partial charge in [0.15, 0.2) is 10.9 Å². The predicted octanol–water partition coefficient (Wildman–Crippen LogP) is 5.24. The Bertz CT molecular complexity index is 981. The Morgan fingerprint density at radius 3 is 2.71 bits per heavy atom. The van der Waals surface area contributed by atoms with Crippen LogP contribution in [0.2, 0.25) is 0 Å². The van der Waals surface area contributed by atoms with Gasteiger partial charge in [0.05, 0.1) is 5.75 Å². The number of aromatic nitrogens is 4. The van der Waals surface area contributed by atoms with Crippen molar-refractivity contribution in [2.24, 2.45) is 0 Å². The monoisotopic (exact) mass is 414 g/mol. The fourth-order valence-corrected chi connectivity index (χ4v) is 5.47. The maximum atomic E-state index is 12.9. The molecule has 1 aliphatic rings. The Morgan fingerprint density at radius 1 is 1.32 bits per heavy atom. The summed E-state index contributed by atoms with van der Waals surface area (Å²) in [7, 11) is 0. The van der Waals surface area contributed by atoms with Crippen LogP contribution in [0, 0.1) is 13.8 Å². The summed E-state index contributed by atoms with van der Waals surface area (Å²) in [6, 6.07) is 7.07. The van der Waals surface area contributed by atoms with Gasteiger partial charge < -0.3 is 9.13 Å². The van der Waals surface area contributed by atoms with E-state index in [9.17, 15) is 4.79 Å². The van der Waals surface area contributed by atoms with Crippen LogP contribution in [0.1, 0.15) is 71.2 Å². The van der Waals surface area contributed by atoms with Crippen molar-refractivity contribution in [2.75, 3.05) is 5.75 Å². The molecule has 1 aliphatic carbocycles. The molecule has 3 aromatic rings. The molecular formula is C21H26N4OS2. The fraction of sp³-hybridized carbons (Fsp3) is 0.476. The lowest BCUT2D eigenvalue weighted by molar-refractivity contribution is 0.102. The van der Waals surface area contributed by atoms with Crippen LogP contribution in [-0.4, -0.2) is 30.9 Å². The molecule has 0 radical (unpaired) electrons. The van der Waals surface area contributed by atoms with E-state index in [1.165, 1.54) is 29.5 Å². The van der Waals surface area contributed by atoms with Crippen LogP contribution < -0.4 is 0 Å². The quantitative estimate of drug-likeness (QED) is 0.374. The zero-order valence-electron chi connectivity index (χ0n) is 16.8. The molecule has 0 aromatic carbocycles. The zero-order valence-corrected chi connectivity index (χ0v) is 18.4. The molecule has 0 amide bonds. The Labute approximate surface area is 174 Å². The van der Waals surface area contributed by atoms with Gasteiger partial charge >= 0.3 is 0 Å². The number of carbonyl (C=O) groups excluding carboxylic acids is 1. The largest absolute Gasteiger partial charge is 0.346 e. The molecule has 0 bridgehead atoms. The van der Waals surface area contributed by atoms with E-state index in [-0.39, 0.29) is 5.78 Å². The normalized spacial score (nSPS) is 14.2. The summed E-state index contributed by atoms with van der Waals surface area (Å²) in [4.78, 5) is 14.2. The van der Waals surface area contributed by atoms with Crippen molar-refractivity contribution >= 4 is 28.9 Å². The molecule has 0 N–H and O–H groups in total. The summed E-state index contributed by atoms with van der Waals surface area (Å²) in [5.41, 5.74) is 3.02. The summed E-state index contributed by atoms with van der Waals surface area (Å²) in [5.74, 6) is 1.57. The number of thiophene rings is 1. The van der Waals surface area contributed by atoms with Gasteiger partial charge in [0, 0.05) is 40.3 Å². The van der Waals surface area contributed by atoms with Gasteiger partial charge in [0.25, 0.3) is 0 Å². The Morgan fingerprint density at radius 2 is 2.11 bits per heavy atom. The van der Waals surface area contributed by atoms with Gasteiger partial charge in [0.2, 0.25) is 0 Å². The maximum Gasteiger partial charge on any atom is 0.191 e. The van der Waals surface area contributed by atoms with E-state index < -0.39 is 0 Å². The second-order valence-corrected chi connectivity index (χ2v) is 9.69. The molecule has 28 heavy (non-hydrogen) atoms. The first kappa shape index (κ1) is 19.5. The van der Waals surface area contributed by atoms with Gasteiger partial charge in [-0.15, -0.1) is 21.5 Å². The molecule has 0 saturated heterocycles. The van der Waals surface area contributed by atoms with Crippen molar-refractivity contribution in [2.45, 2.75) is 64.2 Å². The van der Waals surface area contributed by atoms with Crippen molar-refractivity contribution in [3.63, 3.8) is 0 Å². The van der Waals surface area contributed by atoms with Gasteiger partial charge in [-0.2, -0.15) is 0 Å². The number of nitrogens with zero attached hydrogens (tertiary/aromatic N) is 4. The SMILES string of the molecule is Cc1cc(C(=O)CSc2nnc(Cc3cccs3)n2C2CC2)c(C)n1C(C)C. The lowest BCUT2D eigenvalue weighted by Gasteiger charge is -2.13. The number of hydrogen-bond donors (Lipinski definition) is 0. The highest BCUT2D eigenvalue weighted by molar-refractivity contribution is 7.99. The Hall–Kier alpha value is -1.86. The van der Waals surface area contributed by atoms with E-state index in [1.54, 1.807) is 11.3 Å². The van der Waals surface area contributed by atoms with Crippen LogP contribution >= 0.6 is 23.1 Å². The van der Waals surface area contributed by atoms with E-state index in [0.717, 1.165) is 34.4 Å². The highest BCUT2D eigenvalue weighted by Gasteiger charge is 2.30. The van der Waals surface area contributed by atoms with Crippen LogP contribution in [0.4, 0.5) is 0 Å². The third kappa shape index (κ3) is 3.82. The number of thioether (sulfide) groups is 1. The number of aryl methyl sites for hydroxylation is 1. The molecule has 5 nitrogen and oxygen atoms in total. The first-order valence-electron chi connectivity index (χ1n) is 9.76. The molecule has 7 heteroatoms. The zero-order chi connectivity index (χ0) is 19.8. The lowest BCUT2D eigenvalue weighted by atomic mass is 10.2. The van der Waals surface area contributed by atoms with Crippen molar-refractivity contribution in [3.05, 3.63) is 51.2 Å². The third-order valence-electron chi connectivity index (χ3n) is 5.19. The van der Waals surface area contributed by atoms with Crippen LogP contribution in [0.25, 0.3) is 0 Å². The van der Waals surface area contributed by atoms with Gasteiger partial charge in [-0.25, -0.2) is 0 Å². The average Bonchev–Trinajstić information content (AvgIpc) is 3.07. The summed E-state index contributed by atoms with van der Waals surface area (Å²) in [5, 5.41) is 11.8. The highest BCUT2D eigenvalue weighted by atomic mass is 32.2. The Kier molecular flexibility index (Phi) is 5.47. The van der Waals surface area contributed by atoms with Crippen molar-refractivity contribution in [1.82, 2.24) is 19.3 Å². The number of carbonyl (C=O) groups is 1. The first-order valence-corrected chi connectivity index (χ1v) is 11.6.